The van der Waals surface area contributed by atoms with Crippen LogP contribution >= 0.6 is 11.6 Å². The van der Waals surface area contributed by atoms with Crippen LogP contribution in [0.5, 0.6) is 5.75 Å². The zero-order valence-corrected chi connectivity index (χ0v) is 14.9. The Kier molecular flexibility index (Phi) is 5.91. The molecule has 0 fully saturated rings. The summed E-state index contributed by atoms with van der Waals surface area (Å²) in [7, 11) is -4.28. The summed E-state index contributed by atoms with van der Waals surface area (Å²) in [6.45, 7) is 3.10. The van der Waals surface area contributed by atoms with Gasteiger partial charge in [-0.1, -0.05) is 11.6 Å². The summed E-state index contributed by atoms with van der Waals surface area (Å²) in [6, 6.07) is 4.97. The molecule has 0 aliphatic carbocycles. The first-order valence-electron chi connectivity index (χ1n) is 5.46. The van der Waals surface area contributed by atoms with Gasteiger partial charge in [-0.05, 0) is 18.2 Å². The summed E-state index contributed by atoms with van der Waals surface area (Å²) in [4.78, 5) is 0. The van der Waals surface area contributed by atoms with Crippen molar-refractivity contribution in [2.45, 2.75) is 25.7 Å². The van der Waals surface area contributed by atoms with E-state index in [-0.39, 0.29) is 36.2 Å². The van der Waals surface area contributed by atoms with Gasteiger partial charge in [-0.25, -0.2) is 8.42 Å². The maximum atomic E-state index is 10.7. The van der Waals surface area contributed by atoms with Crippen molar-refractivity contribution in [3.63, 3.8) is 0 Å². The first kappa shape index (κ1) is 18.2. The van der Waals surface area contributed by atoms with Crippen LogP contribution in [0.1, 0.15) is 25.5 Å². The van der Waals surface area contributed by atoms with Crippen molar-refractivity contribution < 1.29 is 51.6 Å². The predicted molar refractivity (Wildman–Crippen MR) is 69.2 cm³/mol. The Bertz CT molecular complexity index is 592. The molecule has 1 aliphatic heterocycles. The van der Waals surface area contributed by atoms with E-state index in [9.17, 15) is 8.42 Å². The van der Waals surface area contributed by atoms with Crippen LogP contribution < -0.4 is 34.3 Å². The van der Waals surface area contributed by atoms with E-state index in [1.807, 2.05) is 0 Å². The van der Waals surface area contributed by atoms with Crippen LogP contribution in [0.3, 0.4) is 0 Å². The minimum Gasteiger partial charge on any atom is -0.540 e. The minimum atomic E-state index is -4.28. The molecule has 1 heterocycles. The third-order valence-corrected chi connectivity index (χ3v) is 3.16. The molecular formula is C11H13ClNNaO5S. The summed E-state index contributed by atoms with van der Waals surface area (Å²) >= 11 is 5.90. The average Bonchev–Trinajstić information content (AvgIpc) is 2.25. The number of benzene rings is 1. The van der Waals surface area contributed by atoms with Crippen molar-refractivity contribution in [3.8, 4) is 5.75 Å². The Morgan fingerprint density at radius 3 is 2.70 bits per heavy atom. The zero-order valence-electron chi connectivity index (χ0n) is 11.3. The zero-order chi connectivity index (χ0) is 14.3. The van der Waals surface area contributed by atoms with E-state index < -0.39 is 22.2 Å². The quantitative estimate of drug-likeness (QED) is 0.720. The molecule has 0 saturated heterocycles. The molecule has 0 bridgehead atoms. The maximum absolute atomic E-state index is 10.7. The second-order valence-corrected chi connectivity index (χ2v) is 6.11. The van der Waals surface area contributed by atoms with E-state index in [0.29, 0.717) is 16.3 Å². The number of fused-ring (bicyclic) bond motifs is 1. The monoisotopic (exact) mass is 329 g/mol. The Morgan fingerprint density at radius 2 is 2.10 bits per heavy atom. The maximum Gasteiger partial charge on any atom is 1.00 e. The van der Waals surface area contributed by atoms with Crippen LogP contribution in [0.4, 0.5) is 0 Å². The number of nitrogens with one attached hydrogen (secondary N) is 1. The summed E-state index contributed by atoms with van der Waals surface area (Å²) in [5.74, 6) is -0.364. The van der Waals surface area contributed by atoms with Crippen molar-refractivity contribution in [1.29, 1.82) is 0 Å². The topological polar surface area (TPSA) is 85.6 Å². The normalized spacial score (nSPS) is 20.5. The van der Waals surface area contributed by atoms with Gasteiger partial charge >= 0.3 is 29.6 Å². The Hall–Kier alpha value is 0.140. The predicted octanol–water partition coefficient (Wildman–Crippen LogP) is -0.156. The Labute approximate surface area is 145 Å². The van der Waals surface area contributed by atoms with Crippen molar-refractivity contribution in [2.24, 2.45) is 0 Å². The molecule has 0 aromatic heterocycles. The molecule has 0 radical (unpaired) electrons. The van der Waals surface area contributed by atoms with E-state index in [0.717, 1.165) is 0 Å². The van der Waals surface area contributed by atoms with Gasteiger partial charge in [0.05, 0.1) is 6.61 Å². The van der Waals surface area contributed by atoms with Crippen molar-refractivity contribution >= 4 is 21.9 Å². The molecule has 6 nitrogen and oxygen atoms in total. The van der Waals surface area contributed by atoms with E-state index in [1.54, 1.807) is 32.0 Å². The van der Waals surface area contributed by atoms with Crippen LogP contribution in [0.25, 0.3) is 5.14 Å². The molecule has 9 heteroatoms. The second kappa shape index (κ2) is 6.50. The molecule has 1 aliphatic rings. The van der Waals surface area contributed by atoms with Crippen LogP contribution in [0.2, 0.25) is 5.02 Å². The number of halogens is 1. The van der Waals surface area contributed by atoms with Gasteiger partial charge in [0.1, 0.15) is 11.9 Å². The summed E-state index contributed by atoms with van der Waals surface area (Å²) < 4.78 is 37.2. The molecule has 20 heavy (non-hydrogen) atoms. The van der Waals surface area contributed by atoms with Gasteiger partial charge in [-0.2, -0.15) is 0 Å². The van der Waals surface area contributed by atoms with Gasteiger partial charge in [0.2, 0.25) is 5.79 Å². The second-order valence-electron chi connectivity index (χ2n) is 4.53. The van der Waals surface area contributed by atoms with E-state index in [1.165, 1.54) is 0 Å². The molecule has 0 unspecified atom stereocenters. The van der Waals surface area contributed by atoms with Gasteiger partial charge in [-0.15, -0.1) is 0 Å². The van der Waals surface area contributed by atoms with Crippen LogP contribution in [0, 0.1) is 0 Å². The van der Waals surface area contributed by atoms with Crippen molar-refractivity contribution in [2.75, 3.05) is 6.61 Å². The summed E-state index contributed by atoms with van der Waals surface area (Å²) in [5.41, 5.74) is 0.593. The van der Waals surface area contributed by atoms with Crippen LogP contribution in [-0.2, 0) is 19.2 Å². The number of ether oxygens (including phenoxy) is 2. The average molecular weight is 330 g/mol. The molecule has 1 N–H and O–H groups in total. The molecular weight excluding hydrogens is 317 g/mol. The fourth-order valence-electron chi connectivity index (χ4n) is 1.83. The third-order valence-electron chi connectivity index (χ3n) is 2.48. The van der Waals surface area contributed by atoms with E-state index in [4.69, 9.17) is 26.2 Å². The largest absolute Gasteiger partial charge is 1.00 e. The molecule has 1 aromatic carbocycles. The number of hydrogen-bond acceptors (Lipinski definition) is 5. The fraction of sp³-hybridized carbons (Fsp3) is 0.455. The number of hydrogen-bond donors (Lipinski definition) is 0. The third kappa shape index (κ3) is 4.85. The number of rotatable bonds is 3. The fourth-order valence-corrected chi connectivity index (χ4v) is 2.32. The van der Waals surface area contributed by atoms with Gasteiger partial charge < -0.3 is 14.6 Å². The Balaban J connectivity index is 0.00000200. The molecule has 2 rings (SSSR count). The smallest absolute Gasteiger partial charge is 0.540 e. The Morgan fingerprint density at radius 1 is 1.45 bits per heavy atom. The first-order chi connectivity index (χ1) is 8.66. The van der Waals surface area contributed by atoms with E-state index in [2.05, 4.69) is 4.18 Å². The molecule has 0 spiro atoms. The van der Waals surface area contributed by atoms with Crippen LogP contribution in [-0.4, -0.2) is 20.8 Å². The molecule has 1 aromatic rings. The summed E-state index contributed by atoms with van der Waals surface area (Å²) in [5, 5.41) is 7.19. The molecule has 106 valence electrons. The molecule has 0 amide bonds. The van der Waals surface area contributed by atoms with Gasteiger partial charge in [0.15, 0.2) is 10.3 Å². The molecule has 0 saturated carbocycles. The SMILES string of the molecule is CC1(C)Oc2ccc(Cl)cc2[C@H](COS([NH-])(=O)=O)O1.[Na+]. The van der Waals surface area contributed by atoms with Gasteiger partial charge in [-0.3, -0.25) is 4.18 Å². The van der Waals surface area contributed by atoms with Crippen molar-refractivity contribution in [3.05, 3.63) is 33.9 Å². The molecule has 1 atom stereocenters. The van der Waals surface area contributed by atoms with E-state index >= 15 is 0 Å². The minimum absolute atomic E-state index is 0. The van der Waals surface area contributed by atoms with Crippen LogP contribution in [0.15, 0.2) is 18.2 Å². The van der Waals surface area contributed by atoms with Crippen molar-refractivity contribution in [1.82, 2.24) is 0 Å². The van der Waals surface area contributed by atoms with Gasteiger partial charge in [0, 0.05) is 24.4 Å². The van der Waals surface area contributed by atoms with Gasteiger partial charge in [0.25, 0.3) is 0 Å². The first-order valence-corrected chi connectivity index (χ1v) is 7.25. The standard InChI is InChI=1S/C11H13ClNO5S.Na/c1-11(2)17-9-4-3-7(12)5-8(9)10(18-11)6-16-19(13,14)15;/h3-5,10H,6H2,1-2H3,(H-,13,14,15);/q-1;+1/t10-;/m0./s1. The summed E-state index contributed by atoms with van der Waals surface area (Å²) in [6.07, 6.45) is -0.669.